The van der Waals surface area contributed by atoms with Crippen LogP contribution in [0.2, 0.25) is 0 Å². The Labute approximate surface area is 95.2 Å². The van der Waals surface area contributed by atoms with Gasteiger partial charge in [-0.1, -0.05) is 0 Å². The third-order valence-electron chi connectivity index (χ3n) is 3.15. The van der Waals surface area contributed by atoms with Crippen molar-refractivity contribution >= 4 is 21.9 Å². The Balaban J connectivity index is 2.65. The molecule has 1 aliphatic heterocycles. The molecule has 0 aromatic heterocycles. The summed E-state index contributed by atoms with van der Waals surface area (Å²) in [5.74, 6) is 0. The zero-order valence-electron chi connectivity index (χ0n) is 9.43. The maximum Gasteiger partial charge on any atom is 0.294 e. The van der Waals surface area contributed by atoms with Crippen molar-refractivity contribution < 1.29 is 13.0 Å². The van der Waals surface area contributed by atoms with Gasteiger partial charge < -0.3 is 0 Å². The van der Waals surface area contributed by atoms with Crippen LogP contribution in [-0.2, 0) is 10.1 Å². The minimum absolute atomic E-state index is 0.0581. The largest absolute Gasteiger partial charge is 0.294 e. The summed E-state index contributed by atoms with van der Waals surface area (Å²) in [6, 6.07) is 4.67. The molecule has 0 aliphatic carbocycles. The molecule has 2 rings (SSSR count). The normalized spacial score (nSPS) is 18.1. The van der Waals surface area contributed by atoms with Gasteiger partial charge in [-0.05, 0) is 12.1 Å². The number of benzene rings is 1. The maximum atomic E-state index is 11.0. The molecule has 0 atom stereocenters. The molecule has 1 aliphatic rings. The lowest BCUT2D eigenvalue weighted by molar-refractivity contribution is 0.482. The Bertz CT molecular complexity index is 585. The first-order chi connectivity index (χ1) is 7.23. The summed E-state index contributed by atoms with van der Waals surface area (Å²) in [7, 11) is -0.0503. The number of allylic oxidation sites excluding steroid dienone is 1. The highest BCUT2D eigenvalue weighted by molar-refractivity contribution is 7.85. The van der Waals surface area contributed by atoms with Crippen molar-refractivity contribution in [1.82, 2.24) is 4.48 Å². The van der Waals surface area contributed by atoms with Crippen LogP contribution in [0.15, 0.2) is 28.8 Å². The fourth-order valence-electron chi connectivity index (χ4n) is 1.89. The number of hydrogen-bond acceptors (Lipinski definition) is 2. The van der Waals surface area contributed by atoms with Gasteiger partial charge in [0, 0.05) is 24.6 Å². The highest BCUT2D eigenvalue weighted by Gasteiger charge is 2.31. The predicted molar refractivity (Wildman–Crippen MR) is 63.5 cm³/mol. The highest BCUT2D eigenvalue weighted by atomic mass is 32.2. The Morgan fingerprint density at radius 1 is 1.25 bits per heavy atom. The van der Waals surface area contributed by atoms with Crippen molar-refractivity contribution in [3.8, 4) is 0 Å². The summed E-state index contributed by atoms with van der Waals surface area (Å²) in [5, 5.41) is 0. The van der Waals surface area contributed by atoms with Gasteiger partial charge >= 0.3 is 0 Å². The van der Waals surface area contributed by atoms with E-state index in [4.69, 9.17) is 4.55 Å². The van der Waals surface area contributed by atoms with Gasteiger partial charge in [-0.3, -0.25) is 9.04 Å². The summed E-state index contributed by atoms with van der Waals surface area (Å²) in [5.41, 5.74) is 3.00. The topological polar surface area (TPSA) is 54.4 Å². The van der Waals surface area contributed by atoms with E-state index in [-0.39, 0.29) is 4.90 Å². The van der Waals surface area contributed by atoms with Crippen LogP contribution in [0.3, 0.4) is 0 Å². The van der Waals surface area contributed by atoms with Crippen molar-refractivity contribution in [2.75, 3.05) is 14.1 Å². The molecule has 1 aromatic rings. The molecule has 0 bridgehead atoms. The van der Waals surface area contributed by atoms with E-state index in [0.29, 0.717) is 4.48 Å². The van der Waals surface area contributed by atoms with E-state index in [9.17, 15) is 8.42 Å². The Hall–Kier alpha value is -1.17. The van der Waals surface area contributed by atoms with E-state index in [1.54, 1.807) is 6.07 Å². The van der Waals surface area contributed by atoms with E-state index in [1.165, 1.54) is 12.1 Å². The van der Waals surface area contributed by atoms with Crippen LogP contribution >= 0.6 is 0 Å². The summed E-state index contributed by atoms with van der Waals surface area (Å²) in [6.45, 7) is 1.99. The second-order valence-electron chi connectivity index (χ2n) is 4.43. The fraction of sp³-hybridized carbons (Fsp3) is 0.273. The molecule has 1 N–H and O–H groups in total. The van der Waals surface area contributed by atoms with E-state index in [1.807, 2.05) is 27.1 Å². The average molecular weight is 240 g/mol. The monoisotopic (exact) mass is 240 g/mol. The van der Waals surface area contributed by atoms with Gasteiger partial charge in [-0.2, -0.15) is 8.42 Å². The second kappa shape index (κ2) is 3.16. The van der Waals surface area contributed by atoms with E-state index < -0.39 is 10.1 Å². The third-order valence-corrected chi connectivity index (χ3v) is 3.99. The number of nitrogens with zero attached hydrogens (tertiary/aromatic N) is 1. The Morgan fingerprint density at radius 3 is 2.44 bits per heavy atom. The maximum absolute atomic E-state index is 11.0. The molecule has 0 amide bonds. The standard InChI is InChI=1S/C11H13NO3S/c1-8-6-9-7-10(16(13,14)15)4-5-11(9)12(8,2)3/h4-7H,1-3H3/p+1. The van der Waals surface area contributed by atoms with Crippen molar-refractivity contribution in [3.63, 3.8) is 0 Å². The highest BCUT2D eigenvalue weighted by Crippen LogP contribution is 2.37. The number of quaternary nitrogens is 1. The van der Waals surface area contributed by atoms with Gasteiger partial charge in [0.1, 0.15) is 11.4 Å². The van der Waals surface area contributed by atoms with E-state index in [2.05, 4.69) is 0 Å². The SMILES string of the molecule is CC1=Cc2cc(S(=O)(=O)O)ccc2[N+]1(C)C. The molecule has 0 spiro atoms. The molecule has 16 heavy (non-hydrogen) atoms. The molecule has 4 nitrogen and oxygen atoms in total. The molecule has 1 aromatic carbocycles. The summed E-state index contributed by atoms with van der Waals surface area (Å²) < 4.78 is 31.6. The molecule has 5 heteroatoms. The quantitative estimate of drug-likeness (QED) is 0.602. The van der Waals surface area contributed by atoms with Crippen molar-refractivity contribution in [3.05, 3.63) is 29.5 Å². The number of rotatable bonds is 1. The molecule has 0 saturated heterocycles. The van der Waals surface area contributed by atoms with Crippen molar-refractivity contribution in [1.29, 1.82) is 0 Å². The minimum atomic E-state index is -4.12. The first-order valence-electron chi connectivity index (χ1n) is 4.88. The first kappa shape index (κ1) is 11.3. The molecule has 0 saturated carbocycles. The summed E-state index contributed by atoms with van der Waals surface area (Å²) >= 11 is 0. The molecule has 0 radical (unpaired) electrons. The lowest BCUT2D eigenvalue weighted by Crippen LogP contribution is -2.35. The van der Waals surface area contributed by atoms with Crippen LogP contribution in [-0.4, -0.2) is 27.1 Å². The van der Waals surface area contributed by atoms with Gasteiger partial charge in [-0.15, -0.1) is 0 Å². The zero-order chi connectivity index (χ0) is 12.1. The lowest BCUT2D eigenvalue weighted by Gasteiger charge is -2.25. The van der Waals surface area contributed by atoms with E-state index in [0.717, 1.165) is 16.9 Å². The first-order valence-corrected chi connectivity index (χ1v) is 6.32. The predicted octanol–water partition coefficient (Wildman–Crippen LogP) is 1.87. The van der Waals surface area contributed by atoms with E-state index >= 15 is 0 Å². The van der Waals surface area contributed by atoms with Gasteiger partial charge in [0.25, 0.3) is 10.1 Å². The Kier molecular flexibility index (Phi) is 2.24. The fourth-order valence-corrected chi connectivity index (χ4v) is 2.41. The molecule has 86 valence electrons. The van der Waals surface area contributed by atoms with Crippen LogP contribution in [0.4, 0.5) is 5.69 Å². The molecular formula is C11H14NO3S+. The zero-order valence-corrected chi connectivity index (χ0v) is 10.2. The summed E-state index contributed by atoms with van der Waals surface area (Å²) in [4.78, 5) is -0.0581. The van der Waals surface area contributed by atoms with Crippen LogP contribution in [0.25, 0.3) is 6.08 Å². The van der Waals surface area contributed by atoms with Crippen LogP contribution in [0.5, 0.6) is 0 Å². The van der Waals surface area contributed by atoms with Crippen molar-refractivity contribution in [2.45, 2.75) is 11.8 Å². The van der Waals surface area contributed by atoms with Gasteiger partial charge in [-0.25, -0.2) is 0 Å². The van der Waals surface area contributed by atoms with Crippen LogP contribution < -0.4 is 4.48 Å². The van der Waals surface area contributed by atoms with Gasteiger partial charge in [0.15, 0.2) is 0 Å². The molecular weight excluding hydrogens is 226 g/mol. The molecule has 0 fully saturated rings. The molecule has 1 heterocycles. The number of fused-ring (bicyclic) bond motifs is 1. The summed E-state index contributed by atoms with van der Waals surface area (Å²) in [6.07, 6.45) is 1.93. The lowest BCUT2D eigenvalue weighted by atomic mass is 10.2. The average Bonchev–Trinajstić information content (AvgIpc) is 2.36. The smallest absolute Gasteiger partial charge is 0.282 e. The van der Waals surface area contributed by atoms with Crippen LogP contribution in [0, 0.1) is 0 Å². The van der Waals surface area contributed by atoms with Crippen LogP contribution in [0.1, 0.15) is 12.5 Å². The number of hydrogen-bond donors (Lipinski definition) is 1. The minimum Gasteiger partial charge on any atom is -0.282 e. The van der Waals surface area contributed by atoms with Gasteiger partial charge in [0.05, 0.1) is 19.0 Å². The van der Waals surface area contributed by atoms with Gasteiger partial charge in [0.2, 0.25) is 0 Å². The molecule has 0 unspecified atom stereocenters. The second-order valence-corrected chi connectivity index (χ2v) is 5.86. The van der Waals surface area contributed by atoms with Crippen molar-refractivity contribution in [2.24, 2.45) is 0 Å². The third kappa shape index (κ3) is 1.57. The Morgan fingerprint density at radius 2 is 1.88 bits per heavy atom.